The standard InChI is InChI=1S/C14H18FN3/c1-14(2,3)17-9-11-8-16-10-18(11)13-7-5-4-6-12(13)15/h4-8,10,17H,9H2,1-3H3. The van der Waals surface area contributed by atoms with Gasteiger partial charge in [-0.3, -0.25) is 4.57 Å². The van der Waals surface area contributed by atoms with E-state index in [1.807, 2.05) is 6.07 Å². The third kappa shape index (κ3) is 2.96. The summed E-state index contributed by atoms with van der Waals surface area (Å²) in [6, 6.07) is 6.70. The molecule has 0 saturated heterocycles. The fourth-order valence-electron chi connectivity index (χ4n) is 1.67. The van der Waals surface area contributed by atoms with E-state index in [4.69, 9.17) is 0 Å². The average molecular weight is 247 g/mol. The average Bonchev–Trinajstić information content (AvgIpc) is 2.74. The molecule has 0 aliphatic carbocycles. The van der Waals surface area contributed by atoms with Gasteiger partial charge in [0.2, 0.25) is 0 Å². The summed E-state index contributed by atoms with van der Waals surface area (Å²) in [4.78, 5) is 4.10. The molecule has 0 unspecified atom stereocenters. The summed E-state index contributed by atoms with van der Waals surface area (Å²) >= 11 is 0. The van der Waals surface area contributed by atoms with Crippen LogP contribution in [0.3, 0.4) is 0 Å². The highest BCUT2D eigenvalue weighted by Crippen LogP contribution is 2.15. The van der Waals surface area contributed by atoms with E-state index in [0.29, 0.717) is 12.2 Å². The third-order valence-electron chi connectivity index (χ3n) is 2.63. The molecule has 3 nitrogen and oxygen atoms in total. The zero-order valence-corrected chi connectivity index (χ0v) is 10.9. The van der Waals surface area contributed by atoms with Crippen LogP contribution in [-0.4, -0.2) is 15.1 Å². The summed E-state index contributed by atoms with van der Waals surface area (Å²) in [6.07, 6.45) is 3.39. The highest BCUT2D eigenvalue weighted by atomic mass is 19.1. The van der Waals surface area contributed by atoms with E-state index in [1.54, 1.807) is 29.2 Å². The van der Waals surface area contributed by atoms with Crippen LogP contribution >= 0.6 is 0 Å². The third-order valence-corrected chi connectivity index (χ3v) is 2.63. The minimum absolute atomic E-state index is 0.0182. The molecule has 96 valence electrons. The maximum absolute atomic E-state index is 13.7. The number of hydrogen-bond donors (Lipinski definition) is 1. The Hall–Kier alpha value is -1.68. The monoisotopic (exact) mass is 247 g/mol. The number of nitrogens with zero attached hydrogens (tertiary/aromatic N) is 2. The van der Waals surface area contributed by atoms with E-state index in [0.717, 1.165) is 5.69 Å². The highest BCUT2D eigenvalue weighted by Gasteiger charge is 2.12. The Morgan fingerprint density at radius 2 is 2.00 bits per heavy atom. The molecule has 0 atom stereocenters. The van der Waals surface area contributed by atoms with Crippen LogP contribution in [0.2, 0.25) is 0 Å². The van der Waals surface area contributed by atoms with Gasteiger partial charge in [-0.25, -0.2) is 9.37 Å². The van der Waals surface area contributed by atoms with Crippen LogP contribution in [-0.2, 0) is 6.54 Å². The number of nitrogens with one attached hydrogen (secondary N) is 1. The van der Waals surface area contributed by atoms with Gasteiger partial charge in [0, 0.05) is 18.3 Å². The van der Waals surface area contributed by atoms with Gasteiger partial charge in [0.05, 0.1) is 17.7 Å². The Kier molecular flexibility index (Phi) is 3.48. The lowest BCUT2D eigenvalue weighted by molar-refractivity contribution is 0.419. The lowest BCUT2D eigenvalue weighted by Crippen LogP contribution is -2.35. The topological polar surface area (TPSA) is 29.9 Å². The predicted molar refractivity (Wildman–Crippen MR) is 70.1 cm³/mol. The van der Waals surface area contributed by atoms with Gasteiger partial charge in [-0.15, -0.1) is 0 Å². The molecule has 0 aliphatic rings. The number of hydrogen-bond acceptors (Lipinski definition) is 2. The predicted octanol–water partition coefficient (Wildman–Crippen LogP) is 2.90. The van der Waals surface area contributed by atoms with Crippen molar-refractivity contribution in [3.05, 3.63) is 48.3 Å². The molecule has 0 bridgehead atoms. The zero-order valence-electron chi connectivity index (χ0n) is 10.9. The van der Waals surface area contributed by atoms with Crippen molar-refractivity contribution in [3.63, 3.8) is 0 Å². The lowest BCUT2D eigenvalue weighted by atomic mass is 10.1. The summed E-state index contributed by atoms with van der Waals surface area (Å²) in [5.41, 5.74) is 1.49. The lowest BCUT2D eigenvalue weighted by Gasteiger charge is -2.21. The van der Waals surface area contributed by atoms with Gasteiger partial charge in [-0.1, -0.05) is 12.1 Å². The second kappa shape index (κ2) is 4.90. The van der Waals surface area contributed by atoms with Crippen LogP contribution in [0.4, 0.5) is 4.39 Å². The highest BCUT2D eigenvalue weighted by molar-refractivity contribution is 5.35. The van der Waals surface area contributed by atoms with Crippen molar-refractivity contribution >= 4 is 0 Å². The molecule has 0 radical (unpaired) electrons. The van der Waals surface area contributed by atoms with Gasteiger partial charge in [0.15, 0.2) is 0 Å². The number of rotatable bonds is 3. The van der Waals surface area contributed by atoms with Crippen LogP contribution in [0.5, 0.6) is 0 Å². The Labute approximate surface area is 107 Å². The number of imidazole rings is 1. The fourth-order valence-corrected chi connectivity index (χ4v) is 1.67. The first-order chi connectivity index (χ1) is 8.47. The number of para-hydroxylation sites is 1. The summed E-state index contributed by atoms with van der Waals surface area (Å²) in [6.45, 7) is 6.93. The Bertz CT molecular complexity index is 526. The molecule has 4 heteroatoms. The SMILES string of the molecule is CC(C)(C)NCc1cncn1-c1ccccc1F. The van der Waals surface area contributed by atoms with Crippen molar-refractivity contribution in [1.29, 1.82) is 0 Å². The van der Waals surface area contributed by atoms with Crippen LogP contribution in [0, 0.1) is 5.82 Å². The van der Waals surface area contributed by atoms with Crippen LogP contribution < -0.4 is 5.32 Å². The Balaban J connectivity index is 2.26. The number of halogens is 1. The molecule has 1 aromatic carbocycles. The van der Waals surface area contributed by atoms with Crippen molar-refractivity contribution in [2.75, 3.05) is 0 Å². The van der Waals surface area contributed by atoms with Crippen LogP contribution in [0.1, 0.15) is 26.5 Å². The van der Waals surface area contributed by atoms with Gasteiger partial charge in [-0.05, 0) is 32.9 Å². The van der Waals surface area contributed by atoms with Crippen LogP contribution in [0.25, 0.3) is 5.69 Å². The first-order valence-electron chi connectivity index (χ1n) is 5.98. The van der Waals surface area contributed by atoms with Crippen molar-refractivity contribution in [2.45, 2.75) is 32.9 Å². The Morgan fingerprint density at radius 3 is 2.67 bits per heavy atom. The molecule has 0 saturated carbocycles. The molecule has 0 spiro atoms. The number of benzene rings is 1. The molecular weight excluding hydrogens is 229 g/mol. The summed E-state index contributed by atoms with van der Waals surface area (Å²) in [5.74, 6) is -0.243. The number of aromatic nitrogens is 2. The maximum Gasteiger partial charge on any atom is 0.147 e. The van der Waals surface area contributed by atoms with Crippen molar-refractivity contribution in [2.24, 2.45) is 0 Å². The first-order valence-corrected chi connectivity index (χ1v) is 5.98. The molecule has 0 fully saturated rings. The Morgan fingerprint density at radius 1 is 1.28 bits per heavy atom. The minimum atomic E-state index is -0.243. The van der Waals surface area contributed by atoms with E-state index < -0.39 is 0 Å². The van der Waals surface area contributed by atoms with Gasteiger partial charge < -0.3 is 5.32 Å². The summed E-state index contributed by atoms with van der Waals surface area (Å²) < 4.78 is 15.5. The van der Waals surface area contributed by atoms with E-state index in [1.165, 1.54) is 6.07 Å². The van der Waals surface area contributed by atoms with Gasteiger partial charge in [0.1, 0.15) is 5.82 Å². The van der Waals surface area contributed by atoms with Gasteiger partial charge in [-0.2, -0.15) is 0 Å². The molecule has 0 amide bonds. The molecule has 0 aliphatic heterocycles. The van der Waals surface area contributed by atoms with E-state index in [2.05, 4.69) is 31.1 Å². The molecule has 18 heavy (non-hydrogen) atoms. The second-order valence-electron chi connectivity index (χ2n) is 5.31. The minimum Gasteiger partial charge on any atom is -0.306 e. The van der Waals surface area contributed by atoms with Crippen molar-refractivity contribution in [3.8, 4) is 5.69 Å². The molecule has 1 N–H and O–H groups in total. The summed E-state index contributed by atoms with van der Waals surface area (Å²) in [5, 5.41) is 3.37. The van der Waals surface area contributed by atoms with E-state index in [-0.39, 0.29) is 11.4 Å². The molecule has 2 rings (SSSR count). The van der Waals surface area contributed by atoms with Crippen molar-refractivity contribution < 1.29 is 4.39 Å². The fraction of sp³-hybridized carbons (Fsp3) is 0.357. The summed E-state index contributed by atoms with van der Waals surface area (Å²) in [7, 11) is 0. The molecular formula is C14H18FN3. The molecule has 1 aromatic heterocycles. The quantitative estimate of drug-likeness (QED) is 0.903. The first kappa shape index (κ1) is 12.8. The molecule has 2 aromatic rings. The smallest absolute Gasteiger partial charge is 0.147 e. The van der Waals surface area contributed by atoms with Crippen molar-refractivity contribution in [1.82, 2.24) is 14.9 Å². The van der Waals surface area contributed by atoms with E-state index >= 15 is 0 Å². The zero-order chi connectivity index (χ0) is 13.2. The van der Waals surface area contributed by atoms with E-state index in [9.17, 15) is 4.39 Å². The van der Waals surface area contributed by atoms with Gasteiger partial charge in [0.25, 0.3) is 0 Å². The second-order valence-corrected chi connectivity index (χ2v) is 5.31. The van der Waals surface area contributed by atoms with Gasteiger partial charge >= 0.3 is 0 Å². The molecule has 1 heterocycles. The largest absolute Gasteiger partial charge is 0.306 e. The van der Waals surface area contributed by atoms with Crippen LogP contribution in [0.15, 0.2) is 36.8 Å². The maximum atomic E-state index is 13.7. The normalized spacial score (nSPS) is 11.8.